The summed E-state index contributed by atoms with van der Waals surface area (Å²) in [5.74, 6) is 0.503. The zero-order valence-electron chi connectivity index (χ0n) is 20.8. The molecule has 0 aliphatic heterocycles. The van der Waals surface area contributed by atoms with Gasteiger partial charge in [-0.2, -0.15) is 0 Å². The number of amides is 2. The number of likely N-dealkylation sites (N-methyl/N-ethyl adjacent to an activating group) is 1. The quantitative estimate of drug-likeness (QED) is 0.349. The molecule has 6 nitrogen and oxygen atoms in total. The molecule has 0 radical (unpaired) electrons. The van der Waals surface area contributed by atoms with Crippen LogP contribution in [0, 0.1) is 5.82 Å². The Hall–Kier alpha value is -3.87. The number of rotatable bonds is 13. The van der Waals surface area contributed by atoms with Crippen LogP contribution in [-0.4, -0.2) is 43.0 Å². The van der Waals surface area contributed by atoms with E-state index in [1.807, 2.05) is 37.3 Å². The van der Waals surface area contributed by atoms with Gasteiger partial charge in [0.2, 0.25) is 11.8 Å². The first-order valence-corrected chi connectivity index (χ1v) is 12.1. The van der Waals surface area contributed by atoms with Gasteiger partial charge in [-0.1, -0.05) is 48.5 Å². The van der Waals surface area contributed by atoms with Gasteiger partial charge in [0.1, 0.15) is 23.4 Å². The van der Waals surface area contributed by atoms with Crippen molar-refractivity contribution >= 4 is 11.8 Å². The van der Waals surface area contributed by atoms with Crippen LogP contribution in [-0.2, 0) is 22.6 Å². The minimum absolute atomic E-state index is 0.000518. The van der Waals surface area contributed by atoms with Gasteiger partial charge in [-0.3, -0.25) is 9.59 Å². The van der Waals surface area contributed by atoms with Gasteiger partial charge >= 0.3 is 0 Å². The summed E-state index contributed by atoms with van der Waals surface area (Å²) in [7, 11) is 1.60. The summed E-state index contributed by atoms with van der Waals surface area (Å²) in [5, 5.41) is 2.84. The van der Waals surface area contributed by atoms with Gasteiger partial charge in [0.25, 0.3) is 0 Å². The molecule has 7 heteroatoms. The largest absolute Gasteiger partial charge is 0.497 e. The molecule has 3 aromatic rings. The summed E-state index contributed by atoms with van der Waals surface area (Å²) in [6.45, 7) is 2.59. The Bertz CT molecular complexity index is 1110. The van der Waals surface area contributed by atoms with Crippen molar-refractivity contribution in [2.45, 2.75) is 38.8 Å². The molecular weight excluding hydrogens is 459 g/mol. The predicted octanol–water partition coefficient (Wildman–Crippen LogP) is 4.77. The first-order valence-electron chi connectivity index (χ1n) is 12.1. The minimum Gasteiger partial charge on any atom is -0.497 e. The third-order valence-corrected chi connectivity index (χ3v) is 5.78. The Morgan fingerprint density at radius 2 is 1.61 bits per heavy atom. The fourth-order valence-corrected chi connectivity index (χ4v) is 3.89. The summed E-state index contributed by atoms with van der Waals surface area (Å²) in [4.78, 5) is 28.0. The third kappa shape index (κ3) is 7.83. The van der Waals surface area contributed by atoms with E-state index in [1.165, 1.54) is 11.0 Å². The van der Waals surface area contributed by atoms with Gasteiger partial charge in [0, 0.05) is 31.5 Å². The lowest BCUT2D eigenvalue weighted by Gasteiger charge is -2.31. The van der Waals surface area contributed by atoms with E-state index >= 15 is 0 Å². The van der Waals surface area contributed by atoms with E-state index < -0.39 is 11.9 Å². The molecule has 0 spiro atoms. The highest BCUT2D eigenvalue weighted by atomic mass is 19.1. The van der Waals surface area contributed by atoms with E-state index in [-0.39, 0.29) is 24.8 Å². The average Bonchev–Trinajstić information content (AvgIpc) is 2.90. The molecule has 0 aliphatic rings. The highest BCUT2D eigenvalue weighted by Gasteiger charge is 2.30. The second-order valence-corrected chi connectivity index (χ2v) is 8.34. The van der Waals surface area contributed by atoms with E-state index in [9.17, 15) is 14.0 Å². The maximum Gasteiger partial charge on any atom is 0.243 e. The molecule has 0 fully saturated rings. The van der Waals surface area contributed by atoms with E-state index in [2.05, 4.69) is 5.32 Å². The van der Waals surface area contributed by atoms with Gasteiger partial charge in [-0.05, 0) is 49.2 Å². The monoisotopic (exact) mass is 492 g/mol. The number of ether oxygens (including phenoxy) is 2. The lowest BCUT2D eigenvalue weighted by molar-refractivity contribution is -0.141. The summed E-state index contributed by atoms with van der Waals surface area (Å²) in [6.07, 6.45) is 0.941. The molecule has 190 valence electrons. The molecule has 0 heterocycles. The van der Waals surface area contributed by atoms with Gasteiger partial charge in [0.05, 0.1) is 13.7 Å². The van der Waals surface area contributed by atoms with Gasteiger partial charge in [0.15, 0.2) is 0 Å². The van der Waals surface area contributed by atoms with Crippen molar-refractivity contribution in [3.63, 3.8) is 0 Å². The maximum atomic E-state index is 14.5. The standard InChI is InChI=1S/C29H33FN2O4/c1-3-31-29(34)27(20-22-10-5-4-6-11-22)32(21-23-12-7-8-13-26(23)30)28(33)14-9-19-36-25-17-15-24(35-2)16-18-25/h4-8,10-13,15-18,27H,3,9,14,19-21H2,1-2H3,(H,31,34). The predicted molar refractivity (Wildman–Crippen MR) is 137 cm³/mol. The zero-order valence-corrected chi connectivity index (χ0v) is 20.8. The number of nitrogens with one attached hydrogen (secondary N) is 1. The van der Waals surface area contributed by atoms with Crippen molar-refractivity contribution in [3.05, 3.63) is 95.8 Å². The van der Waals surface area contributed by atoms with Crippen LogP contribution in [0.15, 0.2) is 78.9 Å². The van der Waals surface area contributed by atoms with Crippen molar-refractivity contribution in [2.24, 2.45) is 0 Å². The van der Waals surface area contributed by atoms with Crippen LogP contribution in [0.3, 0.4) is 0 Å². The number of carbonyl (C=O) groups is 2. The highest BCUT2D eigenvalue weighted by Crippen LogP contribution is 2.19. The molecule has 0 saturated heterocycles. The van der Waals surface area contributed by atoms with Crippen LogP contribution in [0.2, 0.25) is 0 Å². The summed E-state index contributed by atoms with van der Waals surface area (Å²) in [5.41, 5.74) is 1.28. The second kappa shape index (κ2) is 13.9. The molecule has 0 bridgehead atoms. The molecule has 1 N–H and O–H groups in total. The molecule has 2 amide bonds. The van der Waals surface area contributed by atoms with Crippen LogP contribution in [0.4, 0.5) is 4.39 Å². The average molecular weight is 493 g/mol. The molecule has 1 atom stereocenters. The van der Waals surface area contributed by atoms with Crippen molar-refractivity contribution < 1.29 is 23.5 Å². The molecule has 3 aromatic carbocycles. The molecule has 0 aliphatic carbocycles. The van der Waals surface area contributed by atoms with E-state index in [4.69, 9.17) is 9.47 Å². The number of carbonyl (C=O) groups excluding carboxylic acids is 2. The van der Waals surface area contributed by atoms with E-state index in [0.717, 1.165) is 11.3 Å². The highest BCUT2D eigenvalue weighted by molar-refractivity contribution is 5.88. The van der Waals surface area contributed by atoms with Crippen molar-refractivity contribution in [1.82, 2.24) is 10.2 Å². The van der Waals surface area contributed by atoms with Gasteiger partial charge in [-0.25, -0.2) is 4.39 Å². The number of halogens is 1. The van der Waals surface area contributed by atoms with E-state index in [0.29, 0.717) is 37.3 Å². The topological polar surface area (TPSA) is 67.9 Å². The van der Waals surface area contributed by atoms with Crippen LogP contribution in [0.5, 0.6) is 11.5 Å². The Morgan fingerprint density at radius 1 is 0.944 bits per heavy atom. The summed E-state index contributed by atoms with van der Waals surface area (Å²) < 4.78 is 25.4. The van der Waals surface area contributed by atoms with Crippen molar-refractivity contribution in [2.75, 3.05) is 20.3 Å². The summed E-state index contributed by atoms with van der Waals surface area (Å²) >= 11 is 0. The molecule has 3 rings (SSSR count). The molecule has 1 unspecified atom stereocenters. The van der Waals surface area contributed by atoms with Crippen LogP contribution in [0.1, 0.15) is 30.9 Å². The first-order chi connectivity index (χ1) is 17.5. The maximum absolute atomic E-state index is 14.5. The minimum atomic E-state index is -0.776. The molecule has 36 heavy (non-hydrogen) atoms. The zero-order chi connectivity index (χ0) is 25.8. The number of hydrogen-bond donors (Lipinski definition) is 1. The fourth-order valence-electron chi connectivity index (χ4n) is 3.89. The first kappa shape index (κ1) is 26.7. The molecular formula is C29H33FN2O4. The number of hydrogen-bond acceptors (Lipinski definition) is 4. The fraction of sp³-hybridized carbons (Fsp3) is 0.310. The normalized spacial score (nSPS) is 11.4. The van der Waals surface area contributed by atoms with Crippen molar-refractivity contribution in [3.8, 4) is 11.5 Å². The van der Waals surface area contributed by atoms with Crippen LogP contribution in [0.25, 0.3) is 0 Å². The van der Waals surface area contributed by atoms with Crippen molar-refractivity contribution in [1.29, 1.82) is 0 Å². The SMILES string of the molecule is CCNC(=O)C(Cc1ccccc1)N(Cc1ccccc1F)C(=O)CCCOc1ccc(OC)cc1. The van der Waals surface area contributed by atoms with Crippen LogP contribution < -0.4 is 14.8 Å². The molecule has 0 saturated carbocycles. The van der Waals surface area contributed by atoms with Gasteiger partial charge < -0.3 is 19.7 Å². The van der Waals surface area contributed by atoms with Gasteiger partial charge in [-0.15, -0.1) is 0 Å². The third-order valence-electron chi connectivity index (χ3n) is 5.78. The second-order valence-electron chi connectivity index (χ2n) is 8.34. The summed E-state index contributed by atoms with van der Waals surface area (Å²) in [6, 6.07) is 22.3. The molecule has 0 aromatic heterocycles. The Kier molecular flexibility index (Phi) is 10.3. The number of benzene rings is 3. The Balaban J connectivity index is 1.75. The smallest absolute Gasteiger partial charge is 0.243 e. The lowest BCUT2D eigenvalue weighted by Crippen LogP contribution is -2.50. The Morgan fingerprint density at radius 3 is 2.28 bits per heavy atom. The number of nitrogens with zero attached hydrogens (tertiary/aromatic N) is 1. The number of methoxy groups -OCH3 is 1. The lowest BCUT2D eigenvalue weighted by atomic mass is 10.0. The van der Waals surface area contributed by atoms with E-state index in [1.54, 1.807) is 49.6 Å². The van der Waals surface area contributed by atoms with Crippen LogP contribution >= 0.6 is 0 Å². The Labute approximate surface area is 212 Å².